The number of amides is 1. The molecule has 6 nitrogen and oxygen atoms in total. The molecule has 1 rings (SSSR count). The van der Waals surface area contributed by atoms with Crippen LogP contribution in [0.3, 0.4) is 0 Å². The number of carbonyl (C=O) groups is 1. The number of rotatable bonds is 6. The molecule has 0 unspecified atom stereocenters. The summed E-state index contributed by atoms with van der Waals surface area (Å²) in [5.74, 6) is -0.856. The average Bonchev–Trinajstić information content (AvgIpc) is 2.36. The molecule has 100 valence electrons. The highest BCUT2D eigenvalue weighted by molar-refractivity contribution is 7.89. The van der Waals surface area contributed by atoms with Crippen LogP contribution < -0.4 is 10.5 Å². The second-order valence-electron chi connectivity index (χ2n) is 4.08. The number of sulfonamides is 1. The van der Waals surface area contributed by atoms with E-state index in [1.165, 1.54) is 24.5 Å². The number of aromatic nitrogens is 1. The molecular formula is C11H17N3O3S. The van der Waals surface area contributed by atoms with Crippen molar-refractivity contribution in [2.45, 2.75) is 31.2 Å². The van der Waals surface area contributed by atoms with E-state index >= 15 is 0 Å². The lowest BCUT2D eigenvalue weighted by molar-refractivity contribution is -0.120. The number of nitrogens with one attached hydrogen (secondary N) is 1. The fourth-order valence-electron chi connectivity index (χ4n) is 1.43. The summed E-state index contributed by atoms with van der Waals surface area (Å²) in [7, 11) is -3.77. The van der Waals surface area contributed by atoms with E-state index in [1.807, 2.05) is 6.92 Å². The molecule has 0 spiro atoms. The van der Waals surface area contributed by atoms with Gasteiger partial charge in [-0.1, -0.05) is 20.3 Å². The van der Waals surface area contributed by atoms with Gasteiger partial charge in [0.2, 0.25) is 15.9 Å². The van der Waals surface area contributed by atoms with Crippen LogP contribution in [0.1, 0.15) is 20.3 Å². The zero-order chi connectivity index (χ0) is 13.8. The molecule has 0 saturated heterocycles. The lowest BCUT2D eigenvalue weighted by Crippen LogP contribution is -2.48. The van der Waals surface area contributed by atoms with Gasteiger partial charge in [-0.25, -0.2) is 8.42 Å². The standard InChI is InChI=1S/C11H17N3O3S/c1-3-8(2)10(11(12)15)14-18(16,17)9-5-4-6-13-7-9/h4-8,10,14H,3H2,1-2H3,(H2,12,15)/t8-,10-/m0/s1. The molecule has 0 saturated carbocycles. The van der Waals surface area contributed by atoms with Crippen LogP contribution in [0, 0.1) is 5.92 Å². The van der Waals surface area contributed by atoms with E-state index < -0.39 is 22.0 Å². The van der Waals surface area contributed by atoms with E-state index in [9.17, 15) is 13.2 Å². The molecular weight excluding hydrogens is 254 g/mol. The molecule has 0 aliphatic heterocycles. The molecule has 1 heterocycles. The number of primary amides is 1. The van der Waals surface area contributed by atoms with Crippen LogP contribution in [-0.4, -0.2) is 25.4 Å². The normalized spacial score (nSPS) is 15.0. The van der Waals surface area contributed by atoms with Crippen molar-refractivity contribution in [1.82, 2.24) is 9.71 Å². The largest absolute Gasteiger partial charge is 0.368 e. The van der Waals surface area contributed by atoms with Gasteiger partial charge in [0.05, 0.1) is 0 Å². The number of hydrogen-bond acceptors (Lipinski definition) is 4. The first kappa shape index (κ1) is 14.6. The van der Waals surface area contributed by atoms with E-state index in [4.69, 9.17) is 5.73 Å². The van der Waals surface area contributed by atoms with Crippen molar-refractivity contribution in [1.29, 1.82) is 0 Å². The Kier molecular flexibility index (Phi) is 4.80. The minimum atomic E-state index is -3.77. The van der Waals surface area contributed by atoms with Crippen molar-refractivity contribution in [2.75, 3.05) is 0 Å². The third-order valence-electron chi connectivity index (χ3n) is 2.75. The first-order chi connectivity index (χ1) is 8.38. The number of carbonyl (C=O) groups excluding carboxylic acids is 1. The molecule has 0 aromatic carbocycles. The van der Waals surface area contributed by atoms with Crippen molar-refractivity contribution >= 4 is 15.9 Å². The Morgan fingerprint density at radius 1 is 1.56 bits per heavy atom. The van der Waals surface area contributed by atoms with Gasteiger partial charge >= 0.3 is 0 Å². The number of nitrogens with two attached hydrogens (primary N) is 1. The summed E-state index contributed by atoms with van der Waals surface area (Å²) in [6, 6.07) is 2.00. The highest BCUT2D eigenvalue weighted by atomic mass is 32.2. The van der Waals surface area contributed by atoms with Crippen molar-refractivity contribution in [3.8, 4) is 0 Å². The van der Waals surface area contributed by atoms with Crippen LogP contribution in [0.25, 0.3) is 0 Å². The van der Waals surface area contributed by atoms with E-state index in [0.717, 1.165) is 0 Å². The Morgan fingerprint density at radius 2 is 2.22 bits per heavy atom. The van der Waals surface area contributed by atoms with E-state index in [1.54, 1.807) is 6.92 Å². The highest BCUT2D eigenvalue weighted by Gasteiger charge is 2.27. The molecule has 0 fully saturated rings. The summed E-state index contributed by atoms with van der Waals surface area (Å²) >= 11 is 0. The molecule has 1 aromatic heterocycles. The van der Waals surface area contributed by atoms with Crippen LogP contribution in [0.2, 0.25) is 0 Å². The number of hydrogen-bond donors (Lipinski definition) is 2. The second kappa shape index (κ2) is 5.92. The number of nitrogens with zero attached hydrogens (tertiary/aromatic N) is 1. The molecule has 0 aliphatic rings. The summed E-state index contributed by atoms with van der Waals surface area (Å²) in [6.07, 6.45) is 3.33. The molecule has 0 bridgehead atoms. The minimum absolute atomic E-state index is 0.0135. The topological polar surface area (TPSA) is 102 Å². The Morgan fingerprint density at radius 3 is 2.67 bits per heavy atom. The lowest BCUT2D eigenvalue weighted by atomic mass is 10.00. The minimum Gasteiger partial charge on any atom is -0.368 e. The summed E-state index contributed by atoms with van der Waals surface area (Å²) < 4.78 is 26.3. The quantitative estimate of drug-likeness (QED) is 0.774. The van der Waals surface area contributed by atoms with Crippen molar-refractivity contribution in [3.63, 3.8) is 0 Å². The van der Waals surface area contributed by atoms with Gasteiger partial charge in [0.25, 0.3) is 0 Å². The van der Waals surface area contributed by atoms with Crippen molar-refractivity contribution in [2.24, 2.45) is 11.7 Å². The zero-order valence-corrected chi connectivity index (χ0v) is 11.1. The summed E-state index contributed by atoms with van der Waals surface area (Å²) in [5, 5.41) is 0. The molecule has 0 aliphatic carbocycles. The van der Waals surface area contributed by atoms with Crippen molar-refractivity contribution in [3.05, 3.63) is 24.5 Å². The highest BCUT2D eigenvalue weighted by Crippen LogP contribution is 2.12. The molecule has 7 heteroatoms. The predicted molar refractivity (Wildman–Crippen MR) is 67.0 cm³/mol. The summed E-state index contributed by atoms with van der Waals surface area (Å²) in [6.45, 7) is 3.63. The van der Waals surface area contributed by atoms with Gasteiger partial charge in [-0.15, -0.1) is 0 Å². The van der Waals surface area contributed by atoms with Crippen LogP contribution in [0.5, 0.6) is 0 Å². The maximum Gasteiger partial charge on any atom is 0.242 e. The SMILES string of the molecule is CC[C@H](C)[C@H](NS(=O)(=O)c1cccnc1)C(N)=O. The molecule has 0 radical (unpaired) electrons. The van der Waals surface area contributed by atoms with E-state index in [2.05, 4.69) is 9.71 Å². The first-order valence-corrected chi connectivity index (χ1v) is 7.08. The predicted octanol–water partition coefficient (Wildman–Crippen LogP) is 0.260. The molecule has 1 aromatic rings. The van der Waals surface area contributed by atoms with Crippen molar-refractivity contribution < 1.29 is 13.2 Å². The van der Waals surface area contributed by atoms with Gasteiger partial charge < -0.3 is 5.73 Å². The Balaban J connectivity index is 2.97. The van der Waals surface area contributed by atoms with Gasteiger partial charge in [0, 0.05) is 12.4 Å². The Bertz CT molecular complexity index is 502. The third-order valence-corrected chi connectivity index (χ3v) is 4.17. The van der Waals surface area contributed by atoms with Gasteiger partial charge in [0.15, 0.2) is 0 Å². The Labute approximate surface area is 107 Å². The van der Waals surface area contributed by atoms with Gasteiger partial charge in [-0.05, 0) is 18.1 Å². The van der Waals surface area contributed by atoms with E-state index in [0.29, 0.717) is 6.42 Å². The summed E-state index contributed by atoms with van der Waals surface area (Å²) in [5.41, 5.74) is 5.22. The van der Waals surface area contributed by atoms with Crippen LogP contribution in [0.4, 0.5) is 0 Å². The van der Waals surface area contributed by atoms with Gasteiger partial charge in [-0.3, -0.25) is 9.78 Å². The molecule has 2 atom stereocenters. The Hall–Kier alpha value is -1.47. The lowest BCUT2D eigenvalue weighted by Gasteiger charge is -2.20. The summed E-state index contributed by atoms with van der Waals surface area (Å²) in [4.78, 5) is 15.0. The third kappa shape index (κ3) is 3.51. The zero-order valence-electron chi connectivity index (χ0n) is 10.3. The monoisotopic (exact) mass is 271 g/mol. The van der Waals surface area contributed by atoms with Gasteiger partial charge in [0.1, 0.15) is 10.9 Å². The molecule has 3 N–H and O–H groups in total. The van der Waals surface area contributed by atoms with E-state index in [-0.39, 0.29) is 10.8 Å². The van der Waals surface area contributed by atoms with Gasteiger partial charge in [-0.2, -0.15) is 4.72 Å². The maximum atomic E-state index is 12.0. The second-order valence-corrected chi connectivity index (χ2v) is 5.79. The fourth-order valence-corrected chi connectivity index (χ4v) is 2.71. The fraction of sp³-hybridized carbons (Fsp3) is 0.455. The smallest absolute Gasteiger partial charge is 0.242 e. The van der Waals surface area contributed by atoms with Crippen LogP contribution in [0.15, 0.2) is 29.4 Å². The van der Waals surface area contributed by atoms with Crippen LogP contribution in [-0.2, 0) is 14.8 Å². The van der Waals surface area contributed by atoms with Crippen LogP contribution >= 0.6 is 0 Å². The molecule has 1 amide bonds. The average molecular weight is 271 g/mol. The number of pyridine rings is 1. The molecule has 18 heavy (non-hydrogen) atoms. The first-order valence-electron chi connectivity index (χ1n) is 5.60. The maximum absolute atomic E-state index is 12.0.